The second-order valence-electron chi connectivity index (χ2n) is 4.83. The average molecular weight is 270 g/mol. The number of nitrogen functional groups attached to an aromatic ring is 1. The molecule has 0 amide bonds. The van der Waals surface area contributed by atoms with Gasteiger partial charge in [0.25, 0.3) is 0 Å². The Hall–Kier alpha value is -2.11. The third-order valence-corrected chi connectivity index (χ3v) is 3.37. The molecule has 0 radical (unpaired) electrons. The lowest BCUT2D eigenvalue weighted by Crippen LogP contribution is -2.25. The first-order valence-corrected chi connectivity index (χ1v) is 6.71. The molecule has 0 fully saturated rings. The number of nitrogens with two attached hydrogens (primary N) is 1. The van der Waals surface area contributed by atoms with Crippen molar-refractivity contribution in [1.29, 1.82) is 0 Å². The van der Waals surface area contributed by atoms with Crippen LogP contribution in [0.15, 0.2) is 42.5 Å². The maximum absolute atomic E-state index is 5.77. The summed E-state index contributed by atoms with van der Waals surface area (Å²) in [6.07, 6.45) is 0. The first-order chi connectivity index (χ1) is 9.85. The van der Waals surface area contributed by atoms with Gasteiger partial charge in [0, 0.05) is 25.2 Å². The van der Waals surface area contributed by atoms with Gasteiger partial charge < -0.3 is 10.2 Å². The Bertz CT molecular complexity index is 588. The molecule has 3 N–H and O–H groups in total. The molecule has 0 saturated carbocycles. The molecule has 0 atom stereocenters. The summed E-state index contributed by atoms with van der Waals surface area (Å²) in [4.78, 5) is 6.78. The molecule has 1 aliphatic rings. The number of anilines is 1. The molecule has 104 valence electrons. The quantitative estimate of drug-likeness (QED) is 0.657. The highest BCUT2D eigenvalue weighted by atomic mass is 16.5. The number of aromatic nitrogens is 1. The Morgan fingerprint density at radius 1 is 1.20 bits per heavy atom. The van der Waals surface area contributed by atoms with E-state index < -0.39 is 0 Å². The van der Waals surface area contributed by atoms with Crippen LogP contribution >= 0.6 is 0 Å². The number of nitrogens with zero attached hydrogens (tertiary/aromatic N) is 2. The van der Waals surface area contributed by atoms with Gasteiger partial charge in [-0.3, -0.25) is 4.90 Å². The van der Waals surface area contributed by atoms with Gasteiger partial charge in [-0.2, -0.15) is 0 Å². The molecule has 1 aromatic heterocycles. The number of hydrogen-bond acceptors (Lipinski definition) is 5. The van der Waals surface area contributed by atoms with Crippen LogP contribution in [0.1, 0.15) is 11.3 Å². The molecule has 3 rings (SSSR count). The van der Waals surface area contributed by atoms with Crippen molar-refractivity contribution >= 4 is 5.82 Å². The molecule has 5 nitrogen and oxygen atoms in total. The zero-order valence-electron chi connectivity index (χ0n) is 11.2. The van der Waals surface area contributed by atoms with Crippen LogP contribution in [-0.4, -0.2) is 23.0 Å². The van der Waals surface area contributed by atoms with E-state index >= 15 is 0 Å². The number of fused-ring (bicyclic) bond motifs is 1. The van der Waals surface area contributed by atoms with Gasteiger partial charge in [0.05, 0.1) is 5.69 Å². The van der Waals surface area contributed by atoms with Crippen LogP contribution in [0, 0.1) is 0 Å². The van der Waals surface area contributed by atoms with Crippen molar-refractivity contribution in [2.45, 2.75) is 13.1 Å². The molecule has 2 heterocycles. The molecule has 1 aromatic carbocycles. The van der Waals surface area contributed by atoms with Crippen LogP contribution in [0.3, 0.4) is 0 Å². The Labute approximate surface area is 118 Å². The van der Waals surface area contributed by atoms with Crippen molar-refractivity contribution in [3.63, 3.8) is 0 Å². The van der Waals surface area contributed by atoms with Gasteiger partial charge >= 0.3 is 0 Å². The van der Waals surface area contributed by atoms with Gasteiger partial charge in [0.2, 0.25) is 0 Å². The Balaban J connectivity index is 1.74. The summed E-state index contributed by atoms with van der Waals surface area (Å²) < 4.78 is 5.77. The van der Waals surface area contributed by atoms with E-state index in [0.717, 1.165) is 31.1 Å². The zero-order valence-corrected chi connectivity index (χ0v) is 11.2. The molecular weight excluding hydrogens is 252 g/mol. The van der Waals surface area contributed by atoms with E-state index in [0.29, 0.717) is 12.4 Å². The lowest BCUT2D eigenvalue weighted by molar-refractivity contribution is 0.218. The fraction of sp³-hybridized carbons (Fsp3) is 0.267. The lowest BCUT2D eigenvalue weighted by Gasteiger charge is -2.19. The third kappa shape index (κ3) is 2.89. The van der Waals surface area contributed by atoms with Crippen LogP contribution < -0.4 is 16.0 Å². The van der Waals surface area contributed by atoms with Crippen molar-refractivity contribution < 1.29 is 4.74 Å². The minimum absolute atomic E-state index is 0.689. The maximum atomic E-state index is 5.77. The van der Waals surface area contributed by atoms with E-state index in [1.54, 1.807) is 0 Å². The SMILES string of the molecule is NNc1cccc(CN2CCOc3ccccc3C2)n1. The van der Waals surface area contributed by atoms with Gasteiger partial charge in [-0.1, -0.05) is 24.3 Å². The summed E-state index contributed by atoms with van der Waals surface area (Å²) in [5, 5.41) is 0. The molecule has 0 spiro atoms. The Morgan fingerprint density at radius 2 is 2.10 bits per heavy atom. The van der Waals surface area contributed by atoms with Crippen LogP contribution in [0.4, 0.5) is 5.82 Å². The van der Waals surface area contributed by atoms with E-state index in [2.05, 4.69) is 21.4 Å². The second kappa shape index (κ2) is 5.90. The summed E-state index contributed by atoms with van der Waals surface area (Å²) in [6, 6.07) is 14.0. The smallest absolute Gasteiger partial charge is 0.140 e. The number of benzene rings is 1. The zero-order chi connectivity index (χ0) is 13.8. The van der Waals surface area contributed by atoms with Crippen LogP contribution in [0.2, 0.25) is 0 Å². The predicted octanol–water partition coefficient (Wildman–Crippen LogP) is 1.76. The molecular formula is C15H18N4O. The molecule has 0 saturated heterocycles. The van der Waals surface area contributed by atoms with Crippen LogP contribution in [-0.2, 0) is 13.1 Å². The number of hydrogen-bond donors (Lipinski definition) is 2. The molecule has 2 aromatic rings. The molecule has 0 aliphatic carbocycles. The highest BCUT2D eigenvalue weighted by molar-refractivity contribution is 5.35. The second-order valence-corrected chi connectivity index (χ2v) is 4.83. The lowest BCUT2D eigenvalue weighted by atomic mass is 10.2. The van der Waals surface area contributed by atoms with Crippen LogP contribution in [0.5, 0.6) is 5.75 Å². The van der Waals surface area contributed by atoms with Gasteiger partial charge in [0.15, 0.2) is 0 Å². The summed E-state index contributed by atoms with van der Waals surface area (Å²) in [7, 11) is 0. The Morgan fingerprint density at radius 3 is 3.00 bits per heavy atom. The average Bonchev–Trinajstić information content (AvgIpc) is 2.69. The number of hydrazine groups is 1. The van der Waals surface area contributed by atoms with E-state index in [-0.39, 0.29) is 0 Å². The van der Waals surface area contributed by atoms with Crippen molar-refractivity contribution in [2.24, 2.45) is 5.84 Å². The fourth-order valence-corrected chi connectivity index (χ4v) is 2.39. The molecule has 0 bridgehead atoms. The van der Waals surface area contributed by atoms with Crippen LogP contribution in [0.25, 0.3) is 0 Å². The number of pyridine rings is 1. The van der Waals surface area contributed by atoms with E-state index in [9.17, 15) is 0 Å². The number of para-hydroxylation sites is 1. The van der Waals surface area contributed by atoms with E-state index in [1.807, 2.05) is 36.4 Å². The summed E-state index contributed by atoms with van der Waals surface area (Å²) in [6.45, 7) is 3.24. The van der Waals surface area contributed by atoms with Crippen molar-refractivity contribution in [1.82, 2.24) is 9.88 Å². The predicted molar refractivity (Wildman–Crippen MR) is 78.1 cm³/mol. The first-order valence-electron chi connectivity index (χ1n) is 6.71. The minimum Gasteiger partial charge on any atom is -0.492 e. The molecule has 5 heteroatoms. The van der Waals surface area contributed by atoms with Crippen molar-refractivity contribution in [3.05, 3.63) is 53.7 Å². The highest BCUT2D eigenvalue weighted by Gasteiger charge is 2.15. The summed E-state index contributed by atoms with van der Waals surface area (Å²) in [5.41, 5.74) is 4.80. The molecule has 0 unspecified atom stereocenters. The van der Waals surface area contributed by atoms with Gasteiger partial charge in [-0.05, 0) is 18.2 Å². The highest BCUT2D eigenvalue weighted by Crippen LogP contribution is 2.23. The topological polar surface area (TPSA) is 63.4 Å². The fourth-order valence-electron chi connectivity index (χ4n) is 2.39. The van der Waals surface area contributed by atoms with E-state index in [1.165, 1.54) is 5.56 Å². The van der Waals surface area contributed by atoms with Crippen molar-refractivity contribution in [3.8, 4) is 5.75 Å². The normalized spacial score (nSPS) is 15.1. The summed E-state index contributed by atoms with van der Waals surface area (Å²) >= 11 is 0. The number of ether oxygens (including phenoxy) is 1. The first kappa shape index (κ1) is 12.9. The Kier molecular flexibility index (Phi) is 3.80. The standard InChI is InChI=1S/C15H18N4O/c16-18-15-7-3-5-13(17-15)11-19-8-9-20-14-6-2-1-4-12(14)10-19/h1-7H,8-11,16H2,(H,17,18). The minimum atomic E-state index is 0.689. The van der Waals surface area contributed by atoms with Gasteiger partial charge in [-0.25, -0.2) is 10.8 Å². The van der Waals surface area contributed by atoms with Gasteiger partial charge in [-0.15, -0.1) is 0 Å². The molecule has 1 aliphatic heterocycles. The maximum Gasteiger partial charge on any atom is 0.140 e. The third-order valence-electron chi connectivity index (χ3n) is 3.37. The number of nitrogens with one attached hydrogen (secondary N) is 1. The monoisotopic (exact) mass is 270 g/mol. The van der Waals surface area contributed by atoms with Gasteiger partial charge in [0.1, 0.15) is 18.2 Å². The largest absolute Gasteiger partial charge is 0.492 e. The molecule has 20 heavy (non-hydrogen) atoms. The summed E-state index contributed by atoms with van der Waals surface area (Å²) in [5.74, 6) is 7.07. The van der Waals surface area contributed by atoms with Crippen molar-refractivity contribution in [2.75, 3.05) is 18.6 Å². The van der Waals surface area contributed by atoms with E-state index in [4.69, 9.17) is 10.6 Å². The number of rotatable bonds is 3.